The van der Waals surface area contributed by atoms with Gasteiger partial charge in [-0.2, -0.15) is 0 Å². The number of hydrogen-bond acceptors (Lipinski definition) is 2. The van der Waals surface area contributed by atoms with E-state index in [2.05, 4.69) is 224 Å². The van der Waals surface area contributed by atoms with E-state index in [9.17, 15) is 0 Å². The summed E-state index contributed by atoms with van der Waals surface area (Å²) in [6, 6.07) is 83.7. The summed E-state index contributed by atoms with van der Waals surface area (Å²) in [6.07, 6.45) is 0. The Bertz CT molecular complexity index is 3420. The van der Waals surface area contributed by atoms with Gasteiger partial charge >= 0.3 is 0 Å². The number of benzene rings is 10. The minimum absolute atomic E-state index is 0.574. The van der Waals surface area contributed by atoms with E-state index in [0.717, 1.165) is 38.9 Å². The first-order chi connectivity index (χ1) is 30.2. The van der Waals surface area contributed by atoms with Crippen LogP contribution < -0.4 is 0 Å². The molecule has 0 amide bonds. The number of rotatable bonds is 6. The number of aromatic nitrogens is 2. The fourth-order valence-corrected chi connectivity index (χ4v) is 10.0. The first-order valence-electron chi connectivity index (χ1n) is 21.0. The molecule has 0 N–H and O–H groups in total. The van der Waals surface area contributed by atoms with Crippen LogP contribution in [0.25, 0.3) is 88.5 Å². The Morgan fingerprint density at radius 3 is 1.48 bits per heavy atom. The molecule has 284 valence electrons. The smallest absolute Gasteiger partial charge is 0.161 e. The van der Waals surface area contributed by atoms with E-state index in [0.29, 0.717) is 5.82 Å². The van der Waals surface area contributed by atoms with Crippen LogP contribution >= 0.6 is 0 Å². The van der Waals surface area contributed by atoms with Crippen molar-refractivity contribution >= 4 is 32.3 Å². The predicted octanol–water partition coefficient (Wildman–Crippen LogP) is 15.0. The zero-order chi connectivity index (χ0) is 40.3. The molecular formula is C59H38N2. The van der Waals surface area contributed by atoms with Crippen molar-refractivity contribution in [1.82, 2.24) is 9.97 Å². The molecule has 0 spiro atoms. The van der Waals surface area contributed by atoms with Gasteiger partial charge in [0.05, 0.1) is 16.8 Å². The minimum atomic E-state index is -0.574. The normalized spacial score (nSPS) is 12.7. The third-order valence-corrected chi connectivity index (χ3v) is 12.7. The van der Waals surface area contributed by atoms with Crippen LogP contribution in [0, 0.1) is 0 Å². The molecule has 11 aromatic rings. The molecule has 12 rings (SSSR count). The topological polar surface area (TPSA) is 25.8 Å². The molecule has 2 nitrogen and oxygen atoms in total. The lowest BCUT2D eigenvalue weighted by molar-refractivity contribution is 0.771. The summed E-state index contributed by atoms with van der Waals surface area (Å²) in [6.45, 7) is 0. The molecule has 1 aliphatic carbocycles. The maximum absolute atomic E-state index is 5.36. The molecule has 0 bridgehead atoms. The van der Waals surface area contributed by atoms with Gasteiger partial charge in [-0.3, -0.25) is 0 Å². The lowest BCUT2D eigenvalue weighted by Crippen LogP contribution is -2.29. The Morgan fingerprint density at radius 1 is 0.295 bits per heavy atom. The van der Waals surface area contributed by atoms with Crippen LogP contribution in [0.15, 0.2) is 231 Å². The summed E-state index contributed by atoms with van der Waals surface area (Å²) in [4.78, 5) is 10.7. The Hall–Kier alpha value is -7.94. The Labute approximate surface area is 355 Å². The standard InChI is InChI=1S/C59H38N2/c1-4-18-40(19-5-1)55-38-56(44-32-31-39-17-10-11-20-41(39)35-44)61-58(60-55)52-34-33-49(47-27-14-15-28-48(47)52)50-29-16-30-51-53-36-42-21-12-13-22-43(42)37-54(53)59(57(50)51,45-23-6-2-7-24-45)46-25-8-3-9-26-46/h1-38H. The highest BCUT2D eigenvalue weighted by molar-refractivity contribution is 6.07. The fourth-order valence-electron chi connectivity index (χ4n) is 10.0. The van der Waals surface area contributed by atoms with Crippen molar-refractivity contribution < 1.29 is 0 Å². The van der Waals surface area contributed by atoms with E-state index in [1.54, 1.807) is 0 Å². The zero-order valence-electron chi connectivity index (χ0n) is 33.3. The maximum Gasteiger partial charge on any atom is 0.161 e. The molecule has 1 heterocycles. The highest BCUT2D eigenvalue weighted by Gasteiger charge is 2.48. The van der Waals surface area contributed by atoms with Gasteiger partial charge in [-0.1, -0.05) is 200 Å². The van der Waals surface area contributed by atoms with Crippen LogP contribution in [0.1, 0.15) is 22.3 Å². The van der Waals surface area contributed by atoms with Crippen LogP contribution in [-0.4, -0.2) is 9.97 Å². The minimum Gasteiger partial charge on any atom is -0.228 e. The van der Waals surface area contributed by atoms with Crippen molar-refractivity contribution in [2.24, 2.45) is 0 Å². The van der Waals surface area contributed by atoms with Gasteiger partial charge in [-0.05, 0) is 107 Å². The third-order valence-electron chi connectivity index (χ3n) is 12.7. The first kappa shape index (κ1) is 35.0. The lowest BCUT2D eigenvalue weighted by atomic mass is 9.66. The van der Waals surface area contributed by atoms with E-state index in [1.165, 1.54) is 66.1 Å². The van der Waals surface area contributed by atoms with Crippen LogP contribution in [0.4, 0.5) is 0 Å². The molecule has 0 unspecified atom stereocenters. The van der Waals surface area contributed by atoms with Crippen molar-refractivity contribution in [3.05, 3.63) is 253 Å². The molecule has 61 heavy (non-hydrogen) atoms. The van der Waals surface area contributed by atoms with Crippen LogP contribution in [-0.2, 0) is 5.41 Å². The van der Waals surface area contributed by atoms with Gasteiger partial charge in [0, 0.05) is 16.7 Å². The van der Waals surface area contributed by atoms with Gasteiger partial charge in [0.25, 0.3) is 0 Å². The van der Waals surface area contributed by atoms with Crippen molar-refractivity contribution in [1.29, 1.82) is 0 Å². The summed E-state index contributed by atoms with van der Waals surface area (Å²) in [7, 11) is 0. The average Bonchev–Trinajstić information content (AvgIpc) is 3.63. The van der Waals surface area contributed by atoms with Gasteiger partial charge in [0.1, 0.15) is 0 Å². The fraction of sp³-hybridized carbons (Fsp3) is 0.0169. The van der Waals surface area contributed by atoms with E-state index in [-0.39, 0.29) is 0 Å². The Kier molecular flexibility index (Phi) is 8.11. The third kappa shape index (κ3) is 5.57. The largest absolute Gasteiger partial charge is 0.228 e. The summed E-state index contributed by atoms with van der Waals surface area (Å²) in [5.41, 5.74) is 14.4. The summed E-state index contributed by atoms with van der Waals surface area (Å²) < 4.78 is 0. The average molecular weight is 775 g/mol. The first-order valence-corrected chi connectivity index (χ1v) is 21.0. The SMILES string of the molecule is c1ccc(-c2cc(-c3ccc4ccccc4c3)nc(-c3ccc(-c4cccc5c4C(c4ccccc4)(c4ccccc4)c4cc6ccccc6cc4-5)c4ccccc34)n2)cc1. The molecule has 1 aromatic heterocycles. The summed E-state index contributed by atoms with van der Waals surface area (Å²) in [5, 5.41) is 7.14. The van der Waals surface area contributed by atoms with Crippen molar-refractivity contribution in [2.45, 2.75) is 5.41 Å². The molecule has 0 saturated heterocycles. The molecule has 10 aromatic carbocycles. The van der Waals surface area contributed by atoms with E-state index in [1.807, 2.05) is 6.07 Å². The van der Waals surface area contributed by atoms with Crippen LogP contribution in [0.5, 0.6) is 0 Å². The second-order valence-corrected chi connectivity index (χ2v) is 16.1. The van der Waals surface area contributed by atoms with Crippen molar-refractivity contribution in [3.63, 3.8) is 0 Å². The molecule has 0 saturated carbocycles. The quantitative estimate of drug-likeness (QED) is 0.168. The summed E-state index contributed by atoms with van der Waals surface area (Å²) in [5.74, 6) is 0.701. The number of hydrogen-bond donors (Lipinski definition) is 0. The van der Waals surface area contributed by atoms with Gasteiger partial charge < -0.3 is 0 Å². The Balaban J connectivity index is 1.12. The molecule has 1 aliphatic rings. The van der Waals surface area contributed by atoms with Crippen LogP contribution in [0.3, 0.4) is 0 Å². The van der Waals surface area contributed by atoms with Crippen molar-refractivity contribution in [3.8, 4) is 56.2 Å². The summed E-state index contributed by atoms with van der Waals surface area (Å²) >= 11 is 0. The van der Waals surface area contributed by atoms with Gasteiger partial charge in [-0.15, -0.1) is 0 Å². The van der Waals surface area contributed by atoms with E-state index in [4.69, 9.17) is 9.97 Å². The molecule has 0 radical (unpaired) electrons. The second-order valence-electron chi connectivity index (χ2n) is 16.1. The molecular weight excluding hydrogens is 737 g/mol. The van der Waals surface area contributed by atoms with Crippen LogP contribution in [0.2, 0.25) is 0 Å². The predicted molar refractivity (Wildman–Crippen MR) is 254 cm³/mol. The molecule has 0 aliphatic heterocycles. The maximum atomic E-state index is 5.36. The number of fused-ring (bicyclic) bond motifs is 6. The zero-order valence-corrected chi connectivity index (χ0v) is 33.3. The van der Waals surface area contributed by atoms with E-state index >= 15 is 0 Å². The lowest BCUT2D eigenvalue weighted by Gasteiger charge is -2.35. The number of nitrogens with zero attached hydrogens (tertiary/aromatic N) is 2. The van der Waals surface area contributed by atoms with Gasteiger partial charge in [-0.25, -0.2) is 9.97 Å². The second kappa shape index (κ2) is 14.1. The van der Waals surface area contributed by atoms with Gasteiger partial charge in [0.15, 0.2) is 5.82 Å². The molecule has 2 heteroatoms. The molecule has 0 fully saturated rings. The highest BCUT2D eigenvalue weighted by Crippen LogP contribution is 2.59. The molecule has 0 atom stereocenters. The van der Waals surface area contributed by atoms with E-state index < -0.39 is 5.41 Å². The Morgan fingerprint density at radius 2 is 0.803 bits per heavy atom. The van der Waals surface area contributed by atoms with Crippen molar-refractivity contribution in [2.75, 3.05) is 0 Å². The monoisotopic (exact) mass is 774 g/mol. The van der Waals surface area contributed by atoms with Gasteiger partial charge in [0.2, 0.25) is 0 Å². The highest BCUT2D eigenvalue weighted by atomic mass is 14.9.